The summed E-state index contributed by atoms with van der Waals surface area (Å²) < 4.78 is 12.7. The van der Waals surface area contributed by atoms with Gasteiger partial charge in [0, 0.05) is 6.07 Å². The number of halogens is 1. The highest BCUT2D eigenvalue weighted by molar-refractivity contribution is 5.42. The molecule has 1 atom stereocenters. The van der Waals surface area contributed by atoms with Crippen molar-refractivity contribution < 1.29 is 14.4 Å². The van der Waals surface area contributed by atoms with Crippen LogP contribution in [0.25, 0.3) is 0 Å². The van der Waals surface area contributed by atoms with E-state index in [4.69, 9.17) is 10.8 Å². The number of nitro benzene ring substituents is 1. The van der Waals surface area contributed by atoms with Crippen molar-refractivity contribution in [2.45, 2.75) is 6.04 Å². The molecule has 1 unspecified atom stereocenters. The maximum Gasteiger partial charge on any atom is 0.274 e. The topological polar surface area (TPSA) is 89.4 Å². The lowest BCUT2D eigenvalue weighted by molar-refractivity contribution is -0.385. The second kappa shape index (κ2) is 4.12. The first-order valence-electron chi connectivity index (χ1n) is 3.86. The minimum atomic E-state index is -0.939. The van der Waals surface area contributed by atoms with Crippen LogP contribution in [0, 0.1) is 15.9 Å². The zero-order chi connectivity index (χ0) is 10.7. The normalized spacial score (nSPS) is 12.5. The van der Waals surface area contributed by atoms with Crippen LogP contribution in [-0.4, -0.2) is 16.6 Å². The first-order valence-corrected chi connectivity index (χ1v) is 3.86. The second-order valence-electron chi connectivity index (χ2n) is 2.75. The van der Waals surface area contributed by atoms with Crippen LogP contribution in [0.2, 0.25) is 0 Å². The maximum absolute atomic E-state index is 12.7. The number of aliphatic hydroxyl groups is 1. The van der Waals surface area contributed by atoms with Crippen molar-refractivity contribution in [3.05, 3.63) is 39.7 Å². The van der Waals surface area contributed by atoms with Gasteiger partial charge in [-0.05, 0) is 12.1 Å². The molecule has 0 amide bonds. The average Bonchev–Trinajstić information content (AvgIpc) is 2.16. The molecule has 14 heavy (non-hydrogen) atoms. The van der Waals surface area contributed by atoms with Crippen LogP contribution < -0.4 is 5.73 Å². The molecule has 1 rings (SSSR count). The molecule has 0 aliphatic carbocycles. The summed E-state index contributed by atoms with van der Waals surface area (Å²) in [6, 6.07) is 2.02. The number of hydrogen-bond acceptors (Lipinski definition) is 4. The maximum atomic E-state index is 12.7. The molecule has 0 fully saturated rings. The molecule has 0 saturated carbocycles. The van der Waals surface area contributed by atoms with Crippen molar-refractivity contribution >= 4 is 5.69 Å². The van der Waals surface area contributed by atoms with E-state index in [1.165, 1.54) is 0 Å². The van der Waals surface area contributed by atoms with Crippen molar-refractivity contribution in [3.63, 3.8) is 0 Å². The third-order valence-corrected chi connectivity index (χ3v) is 1.78. The van der Waals surface area contributed by atoms with E-state index in [-0.39, 0.29) is 11.3 Å². The number of benzene rings is 1. The van der Waals surface area contributed by atoms with E-state index >= 15 is 0 Å². The number of rotatable bonds is 3. The number of hydrogen-bond donors (Lipinski definition) is 2. The molecule has 76 valence electrons. The standard InChI is InChI=1S/C8H9FN2O3/c9-5-1-2-8(11(13)14)6(3-5)7(10)4-12/h1-3,7,12H,4,10H2. The van der Waals surface area contributed by atoms with Crippen LogP contribution in [0.3, 0.4) is 0 Å². The van der Waals surface area contributed by atoms with Gasteiger partial charge in [0.15, 0.2) is 0 Å². The summed E-state index contributed by atoms with van der Waals surface area (Å²) in [5.41, 5.74) is 5.09. The van der Waals surface area contributed by atoms with Gasteiger partial charge >= 0.3 is 0 Å². The third-order valence-electron chi connectivity index (χ3n) is 1.78. The Balaban J connectivity index is 3.22. The van der Waals surface area contributed by atoms with E-state index < -0.39 is 23.4 Å². The van der Waals surface area contributed by atoms with Crippen LogP contribution in [0.1, 0.15) is 11.6 Å². The van der Waals surface area contributed by atoms with E-state index in [0.717, 1.165) is 18.2 Å². The Labute approximate surface area is 79.1 Å². The van der Waals surface area contributed by atoms with Gasteiger partial charge in [0.25, 0.3) is 5.69 Å². The summed E-state index contributed by atoms with van der Waals surface area (Å²) in [5.74, 6) is -0.616. The highest BCUT2D eigenvalue weighted by atomic mass is 19.1. The van der Waals surface area contributed by atoms with Gasteiger partial charge in [0.2, 0.25) is 0 Å². The Kier molecular flexibility index (Phi) is 3.10. The quantitative estimate of drug-likeness (QED) is 0.555. The van der Waals surface area contributed by atoms with Crippen LogP contribution >= 0.6 is 0 Å². The summed E-state index contributed by atoms with van der Waals surface area (Å²) in [6.45, 7) is -0.468. The molecule has 0 aliphatic rings. The van der Waals surface area contributed by atoms with Crippen molar-refractivity contribution in [2.75, 3.05) is 6.61 Å². The predicted molar refractivity (Wildman–Crippen MR) is 47.1 cm³/mol. The molecule has 0 saturated heterocycles. The number of aliphatic hydroxyl groups excluding tert-OH is 1. The number of nitro groups is 1. The minimum Gasteiger partial charge on any atom is -0.394 e. The van der Waals surface area contributed by atoms with Gasteiger partial charge < -0.3 is 10.8 Å². The van der Waals surface area contributed by atoms with Crippen LogP contribution in [0.5, 0.6) is 0 Å². The molecule has 3 N–H and O–H groups in total. The fraction of sp³-hybridized carbons (Fsp3) is 0.250. The molecule has 0 bridgehead atoms. The summed E-state index contributed by atoms with van der Waals surface area (Å²) in [5, 5.41) is 19.2. The molecule has 1 aromatic rings. The lowest BCUT2D eigenvalue weighted by Crippen LogP contribution is -2.16. The Bertz CT molecular complexity index is 356. The highest BCUT2D eigenvalue weighted by Gasteiger charge is 2.19. The Morgan fingerprint density at radius 2 is 2.29 bits per heavy atom. The first-order chi connectivity index (χ1) is 6.56. The molecule has 0 spiro atoms. The van der Waals surface area contributed by atoms with Crippen LogP contribution in [-0.2, 0) is 0 Å². The Morgan fingerprint density at radius 3 is 2.79 bits per heavy atom. The smallest absolute Gasteiger partial charge is 0.274 e. The lowest BCUT2D eigenvalue weighted by atomic mass is 10.1. The molecule has 0 heterocycles. The summed E-state index contributed by atoms with van der Waals surface area (Å²) in [4.78, 5) is 9.84. The van der Waals surface area contributed by atoms with E-state index in [1.54, 1.807) is 0 Å². The van der Waals surface area contributed by atoms with Crippen molar-refractivity contribution in [1.82, 2.24) is 0 Å². The fourth-order valence-corrected chi connectivity index (χ4v) is 1.09. The molecule has 1 aromatic carbocycles. The van der Waals surface area contributed by atoms with Gasteiger partial charge in [-0.3, -0.25) is 10.1 Å². The van der Waals surface area contributed by atoms with Gasteiger partial charge in [-0.15, -0.1) is 0 Å². The molecule has 6 heteroatoms. The van der Waals surface area contributed by atoms with Crippen LogP contribution in [0.4, 0.5) is 10.1 Å². The summed E-state index contributed by atoms with van der Waals surface area (Å²) in [6.07, 6.45) is 0. The van der Waals surface area contributed by atoms with Crippen LogP contribution in [0.15, 0.2) is 18.2 Å². The minimum absolute atomic E-state index is 0.00231. The average molecular weight is 200 g/mol. The van der Waals surface area contributed by atoms with Gasteiger partial charge in [-0.2, -0.15) is 0 Å². The Morgan fingerprint density at radius 1 is 1.64 bits per heavy atom. The number of nitrogens with zero attached hydrogens (tertiary/aromatic N) is 1. The SMILES string of the molecule is NC(CO)c1cc(F)ccc1[N+](=O)[O-]. The summed E-state index contributed by atoms with van der Waals surface area (Å²) in [7, 11) is 0. The monoisotopic (exact) mass is 200 g/mol. The second-order valence-corrected chi connectivity index (χ2v) is 2.75. The van der Waals surface area contributed by atoms with Gasteiger partial charge in [0.1, 0.15) is 5.82 Å². The van der Waals surface area contributed by atoms with Gasteiger partial charge in [-0.25, -0.2) is 4.39 Å². The highest BCUT2D eigenvalue weighted by Crippen LogP contribution is 2.24. The van der Waals surface area contributed by atoms with Gasteiger partial charge in [0.05, 0.1) is 23.1 Å². The predicted octanol–water partition coefficient (Wildman–Crippen LogP) is 0.726. The Hall–Kier alpha value is -1.53. The molecule has 0 aromatic heterocycles. The van der Waals surface area contributed by atoms with E-state index in [2.05, 4.69) is 0 Å². The van der Waals surface area contributed by atoms with Crippen molar-refractivity contribution in [1.29, 1.82) is 0 Å². The fourth-order valence-electron chi connectivity index (χ4n) is 1.09. The summed E-state index contributed by atoms with van der Waals surface area (Å²) >= 11 is 0. The molecule has 0 radical (unpaired) electrons. The van der Waals surface area contributed by atoms with Gasteiger partial charge in [-0.1, -0.05) is 0 Å². The third kappa shape index (κ3) is 2.04. The number of nitrogens with two attached hydrogens (primary N) is 1. The van der Waals surface area contributed by atoms with E-state index in [9.17, 15) is 14.5 Å². The first kappa shape index (κ1) is 10.6. The zero-order valence-corrected chi connectivity index (χ0v) is 7.18. The molecule has 0 aliphatic heterocycles. The molecule has 5 nitrogen and oxygen atoms in total. The molecular formula is C8H9FN2O3. The molecular weight excluding hydrogens is 191 g/mol. The lowest BCUT2D eigenvalue weighted by Gasteiger charge is -2.08. The van der Waals surface area contributed by atoms with Crippen molar-refractivity contribution in [2.24, 2.45) is 5.73 Å². The van der Waals surface area contributed by atoms with Crippen molar-refractivity contribution in [3.8, 4) is 0 Å². The zero-order valence-electron chi connectivity index (χ0n) is 7.18. The van der Waals surface area contributed by atoms with E-state index in [1.807, 2.05) is 0 Å². The largest absolute Gasteiger partial charge is 0.394 e. The van der Waals surface area contributed by atoms with E-state index in [0.29, 0.717) is 0 Å².